The minimum absolute atomic E-state index is 0.0739. The second-order valence-electron chi connectivity index (χ2n) is 8.01. The van der Waals surface area contributed by atoms with E-state index in [9.17, 15) is 35.7 Å². The molecule has 2 aliphatic heterocycles. The fourth-order valence-electron chi connectivity index (χ4n) is 3.93. The van der Waals surface area contributed by atoms with Gasteiger partial charge >= 0.3 is 0 Å². The van der Waals surface area contributed by atoms with Crippen molar-refractivity contribution >= 4 is 6.08 Å². The van der Waals surface area contributed by atoms with E-state index in [-0.39, 0.29) is 45.8 Å². The number of phenols is 2. The summed E-state index contributed by atoms with van der Waals surface area (Å²) in [4.78, 5) is 0. The maximum absolute atomic E-state index is 10.8. The van der Waals surface area contributed by atoms with Crippen molar-refractivity contribution in [2.24, 2.45) is 0 Å². The number of ether oxygens (including phenoxy) is 5. The second-order valence-corrected chi connectivity index (χ2v) is 8.01. The summed E-state index contributed by atoms with van der Waals surface area (Å²) in [5.41, 5.74) is 0.557. The largest absolute Gasteiger partial charge is 0.508 e. The molecular weight excluding hydrogens is 468 g/mol. The lowest BCUT2D eigenvalue weighted by molar-refractivity contribution is -0.277. The molecule has 2 aromatic carbocycles. The number of methoxy groups -OCH3 is 2. The topological polar surface area (TPSA) is 188 Å². The lowest BCUT2D eigenvalue weighted by atomic mass is 9.99. The van der Waals surface area contributed by atoms with Crippen LogP contribution in [0.3, 0.4) is 0 Å². The van der Waals surface area contributed by atoms with Crippen LogP contribution in [0.4, 0.5) is 0 Å². The average molecular weight is 494 g/mol. The Labute approximate surface area is 199 Å². The van der Waals surface area contributed by atoms with E-state index in [1.807, 2.05) is 0 Å². The first-order valence-electron chi connectivity index (χ1n) is 10.5. The highest BCUT2D eigenvalue weighted by molar-refractivity contribution is 5.70. The van der Waals surface area contributed by atoms with E-state index in [2.05, 4.69) is 0 Å². The summed E-state index contributed by atoms with van der Waals surface area (Å²) in [6, 6.07) is 5.36. The summed E-state index contributed by atoms with van der Waals surface area (Å²) >= 11 is 0. The zero-order valence-corrected chi connectivity index (χ0v) is 18.7. The standard InChI is InChI=1S/C23H26O12/c1-31-15-3-9(4-16(32-2)18(15)27)22-12(26)7-11-13(33-22)5-10(25)6-14(11)34-23-21(30)20(29)19(28)17(8-24)35-23/h3-7,17,19-30H,8H2,1-2H3. The second kappa shape index (κ2) is 9.68. The van der Waals surface area contributed by atoms with Crippen molar-refractivity contribution in [2.75, 3.05) is 20.8 Å². The number of aliphatic hydroxyl groups excluding tert-OH is 5. The third kappa shape index (κ3) is 4.49. The van der Waals surface area contributed by atoms with Gasteiger partial charge in [-0.25, -0.2) is 0 Å². The van der Waals surface area contributed by atoms with Gasteiger partial charge in [0.15, 0.2) is 17.6 Å². The quantitative estimate of drug-likeness (QED) is 0.292. The van der Waals surface area contributed by atoms with Crippen LogP contribution in [-0.2, 0) is 4.74 Å². The molecule has 0 radical (unpaired) electrons. The number of hydrogen-bond acceptors (Lipinski definition) is 12. The molecule has 2 heterocycles. The van der Waals surface area contributed by atoms with Gasteiger partial charge in [0, 0.05) is 17.7 Å². The molecule has 2 aromatic rings. The Kier molecular flexibility index (Phi) is 6.83. The van der Waals surface area contributed by atoms with Crippen LogP contribution in [0.15, 0.2) is 30.0 Å². The molecule has 2 aliphatic rings. The van der Waals surface area contributed by atoms with Crippen molar-refractivity contribution in [2.45, 2.75) is 36.8 Å². The van der Waals surface area contributed by atoms with Gasteiger partial charge in [0.05, 0.1) is 26.4 Å². The molecule has 0 spiro atoms. The number of aliphatic hydroxyl groups is 5. The molecule has 0 aliphatic carbocycles. The highest BCUT2D eigenvalue weighted by Crippen LogP contribution is 2.46. The summed E-state index contributed by atoms with van der Waals surface area (Å²) in [6.45, 7) is -0.645. The molecule has 0 amide bonds. The number of hydrogen-bond donors (Lipinski definition) is 7. The molecule has 6 atom stereocenters. The Morgan fingerprint density at radius 3 is 2.11 bits per heavy atom. The average Bonchev–Trinajstić information content (AvgIpc) is 2.84. The number of benzene rings is 2. The fourth-order valence-corrected chi connectivity index (χ4v) is 3.93. The molecule has 35 heavy (non-hydrogen) atoms. The SMILES string of the molecule is COc1cc(C2Oc3cc(O)cc(OC4OC(CO)C(O)C(O)C4O)c3C=C2O)cc(OC)c1O. The third-order valence-electron chi connectivity index (χ3n) is 5.79. The molecular formula is C23H26O12. The van der Waals surface area contributed by atoms with E-state index >= 15 is 0 Å². The molecule has 4 rings (SSSR count). The number of fused-ring (bicyclic) bond motifs is 1. The van der Waals surface area contributed by atoms with Crippen LogP contribution < -0.4 is 18.9 Å². The Morgan fingerprint density at radius 2 is 1.51 bits per heavy atom. The first-order chi connectivity index (χ1) is 16.7. The van der Waals surface area contributed by atoms with Gasteiger partial charge in [0.1, 0.15) is 47.4 Å². The summed E-state index contributed by atoms with van der Waals surface area (Å²) in [7, 11) is 2.71. The van der Waals surface area contributed by atoms with E-state index < -0.39 is 43.4 Å². The predicted molar refractivity (Wildman–Crippen MR) is 118 cm³/mol. The molecule has 0 aromatic heterocycles. The molecule has 7 N–H and O–H groups in total. The van der Waals surface area contributed by atoms with E-state index in [1.54, 1.807) is 0 Å². The van der Waals surface area contributed by atoms with E-state index in [4.69, 9.17) is 23.7 Å². The zero-order valence-electron chi connectivity index (χ0n) is 18.7. The Balaban J connectivity index is 1.68. The van der Waals surface area contributed by atoms with Gasteiger partial charge < -0.3 is 59.4 Å². The Morgan fingerprint density at radius 1 is 0.857 bits per heavy atom. The summed E-state index contributed by atoms with van der Waals surface area (Å²) in [5.74, 6) is -0.581. The maximum atomic E-state index is 10.8. The molecule has 12 nitrogen and oxygen atoms in total. The van der Waals surface area contributed by atoms with E-state index in [0.717, 1.165) is 0 Å². The zero-order chi connectivity index (χ0) is 25.4. The van der Waals surface area contributed by atoms with Gasteiger partial charge in [-0.15, -0.1) is 0 Å². The summed E-state index contributed by atoms with van der Waals surface area (Å²) < 4.78 is 27.2. The minimum atomic E-state index is -1.68. The van der Waals surface area contributed by atoms with Crippen LogP contribution in [0.1, 0.15) is 17.2 Å². The first kappa shape index (κ1) is 24.7. The number of phenolic OH excluding ortho intramolecular Hbond substituents is 2. The van der Waals surface area contributed by atoms with Gasteiger partial charge in [-0.1, -0.05) is 0 Å². The van der Waals surface area contributed by atoms with Crippen LogP contribution in [0.5, 0.6) is 34.5 Å². The van der Waals surface area contributed by atoms with Gasteiger partial charge in [-0.05, 0) is 18.2 Å². The minimum Gasteiger partial charge on any atom is -0.508 e. The van der Waals surface area contributed by atoms with Crippen molar-refractivity contribution in [3.05, 3.63) is 41.2 Å². The van der Waals surface area contributed by atoms with Crippen molar-refractivity contribution in [3.8, 4) is 34.5 Å². The van der Waals surface area contributed by atoms with Crippen LogP contribution in [-0.4, -0.2) is 87.3 Å². The monoisotopic (exact) mass is 494 g/mol. The van der Waals surface area contributed by atoms with Crippen LogP contribution in [0.25, 0.3) is 6.08 Å². The molecule has 1 saturated heterocycles. The normalized spacial score (nSPS) is 27.9. The van der Waals surface area contributed by atoms with Gasteiger partial charge in [0.25, 0.3) is 0 Å². The van der Waals surface area contributed by atoms with Crippen molar-refractivity contribution < 1.29 is 59.4 Å². The van der Waals surface area contributed by atoms with Crippen LogP contribution in [0.2, 0.25) is 0 Å². The lowest BCUT2D eigenvalue weighted by Crippen LogP contribution is -2.60. The molecule has 6 unspecified atom stereocenters. The van der Waals surface area contributed by atoms with Crippen molar-refractivity contribution in [1.82, 2.24) is 0 Å². The number of aromatic hydroxyl groups is 2. The smallest absolute Gasteiger partial charge is 0.229 e. The molecule has 0 saturated carbocycles. The molecule has 12 heteroatoms. The highest BCUT2D eigenvalue weighted by atomic mass is 16.7. The Bertz CT molecular complexity index is 1090. The van der Waals surface area contributed by atoms with Gasteiger partial charge in [-0.3, -0.25) is 0 Å². The molecule has 190 valence electrons. The molecule has 1 fully saturated rings. The fraction of sp³-hybridized carbons (Fsp3) is 0.391. The summed E-state index contributed by atoms with van der Waals surface area (Å²) in [5, 5.41) is 70.8. The third-order valence-corrected chi connectivity index (χ3v) is 5.79. The predicted octanol–water partition coefficient (Wildman–Crippen LogP) is 0.326. The highest BCUT2D eigenvalue weighted by Gasteiger charge is 2.45. The molecule has 0 bridgehead atoms. The van der Waals surface area contributed by atoms with Crippen molar-refractivity contribution in [1.29, 1.82) is 0 Å². The van der Waals surface area contributed by atoms with Crippen LogP contribution in [0, 0.1) is 0 Å². The van der Waals surface area contributed by atoms with E-state index in [0.29, 0.717) is 5.56 Å². The number of rotatable bonds is 6. The first-order valence-corrected chi connectivity index (χ1v) is 10.5. The Hall–Kier alpha value is -3.42. The lowest BCUT2D eigenvalue weighted by Gasteiger charge is -2.39. The van der Waals surface area contributed by atoms with Crippen LogP contribution >= 0.6 is 0 Å². The van der Waals surface area contributed by atoms with Gasteiger partial charge in [-0.2, -0.15) is 0 Å². The van der Waals surface area contributed by atoms with Crippen molar-refractivity contribution in [3.63, 3.8) is 0 Å². The summed E-state index contributed by atoms with van der Waals surface area (Å²) in [6.07, 6.45) is -7.38. The maximum Gasteiger partial charge on any atom is 0.229 e. The van der Waals surface area contributed by atoms with E-state index in [1.165, 1.54) is 44.6 Å². The van der Waals surface area contributed by atoms with Gasteiger partial charge in [0.2, 0.25) is 12.0 Å².